The molecule has 3 rings (SSSR count). The second-order valence-electron chi connectivity index (χ2n) is 5.78. The van der Waals surface area contributed by atoms with Crippen molar-refractivity contribution >= 4 is 29.0 Å². The van der Waals surface area contributed by atoms with Gasteiger partial charge in [0, 0.05) is 17.8 Å². The number of amides is 1. The van der Waals surface area contributed by atoms with Crippen molar-refractivity contribution in [2.24, 2.45) is 0 Å². The summed E-state index contributed by atoms with van der Waals surface area (Å²) in [5.41, 5.74) is 2.30. The lowest BCUT2D eigenvalue weighted by Gasteiger charge is -2.10. The summed E-state index contributed by atoms with van der Waals surface area (Å²) in [6, 6.07) is 12.2. The van der Waals surface area contributed by atoms with E-state index in [0.29, 0.717) is 11.7 Å². The van der Waals surface area contributed by atoms with Gasteiger partial charge in [0.15, 0.2) is 0 Å². The molecule has 3 aromatic rings. The second kappa shape index (κ2) is 8.31. The van der Waals surface area contributed by atoms with Crippen LogP contribution in [0.3, 0.4) is 0 Å². The molecule has 5 nitrogen and oxygen atoms in total. The highest BCUT2D eigenvalue weighted by atomic mass is 32.2. The van der Waals surface area contributed by atoms with E-state index >= 15 is 0 Å². The van der Waals surface area contributed by atoms with Crippen LogP contribution < -0.4 is 5.32 Å². The first kappa shape index (κ1) is 17.7. The minimum absolute atomic E-state index is 0.0184. The molecule has 0 aliphatic rings. The van der Waals surface area contributed by atoms with Gasteiger partial charge in [0.25, 0.3) is 0 Å². The normalized spacial score (nSPS) is 12.1. The average Bonchev–Trinajstić information content (AvgIpc) is 3.26. The smallest absolute Gasteiger partial charge is 0.233 e. The van der Waals surface area contributed by atoms with Gasteiger partial charge in [0.05, 0.1) is 5.25 Å². The van der Waals surface area contributed by atoms with Crippen LogP contribution >= 0.6 is 23.1 Å². The number of aryl methyl sites for hydroxylation is 1. The Morgan fingerprint density at radius 1 is 1.32 bits per heavy atom. The molecule has 0 bridgehead atoms. The molecule has 1 amide bonds. The summed E-state index contributed by atoms with van der Waals surface area (Å²) in [7, 11) is 0. The third-order valence-electron chi connectivity index (χ3n) is 3.67. The Kier molecular flexibility index (Phi) is 5.88. The molecular formula is C18H20N4OS2. The summed E-state index contributed by atoms with van der Waals surface area (Å²) >= 11 is 3.05. The molecule has 0 saturated heterocycles. The second-order valence-corrected chi connectivity index (χ2v) is 8.12. The number of aromatic amines is 1. The lowest BCUT2D eigenvalue weighted by Crippen LogP contribution is -2.30. The fourth-order valence-corrected chi connectivity index (χ4v) is 3.72. The number of nitrogens with one attached hydrogen (secondary N) is 2. The van der Waals surface area contributed by atoms with Crippen molar-refractivity contribution in [1.82, 2.24) is 20.5 Å². The molecule has 0 radical (unpaired) electrons. The van der Waals surface area contributed by atoms with Crippen molar-refractivity contribution in [3.8, 4) is 0 Å². The Bertz CT molecular complexity index is 812. The Balaban J connectivity index is 1.49. The number of carbonyl (C=O) groups is 1. The van der Waals surface area contributed by atoms with Crippen molar-refractivity contribution < 1.29 is 4.79 Å². The molecule has 0 saturated carbocycles. The van der Waals surface area contributed by atoms with Gasteiger partial charge in [0.1, 0.15) is 5.82 Å². The van der Waals surface area contributed by atoms with E-state index in [9.17, 15) is 4.79 Å². The van der Waals surface area contributed by atoms with E-state index in [1.807, 2.05) is 49.6 Å². The number of benzene rings is 1. The Morgan fingerprint density at radius 2 is 2.12 bits per heavy atom. The predicted molar refractivity (Wildman–Crippen MR) is 102 cm³/mol. The third kappa shape index (κ3) is 5.17. The number of H-pyrrole nitrogens is 1. The third-order valence-corrected chi connectivity index (χ3v) is 5.51. The van der Waals surface area contributed by atoms with Crippen molar-refractivity contribution in [2.75, 3.05) is 0 Å². The quantitative estimate of drug-likeness (QED) is 0.622. The molecule has 2 aromatic heterocycles. The molecule has 0 aliphatic heterocycles. The lowest BCUT2D eigenvalue weighted by atomic mass is 10.1. The number of nitrogens with zero attached hydrogens (tertiary/aromatic N) is 2. The van der Waals surface area contributed by atoms with Crippen LogP contribution in [0.15, 0.2) is 46.9 Å². The zero-order valence-corrected chi connectivity index (χ0v) is 15.8. The number of hydrogen-bond acceptors (Lipinski definition) is 5. The molecule has 7 heteroatoms. The van der Waals surface area contributed by atoms with Crippen LogP contribution in [0.1, 0.15) is 28.8 Å². The van der Waals surface area contributed by atoms with Crippen molar-refractivity contribution in [1.29, 1.82) is 0 Å². The number of aromatic nitrogens is 3. The van der Waals surface area contributed by atoms with Gasteiger partial charge >= 0.3 is 0 Å². The highest BCUT2D eigenvalue weighted by molar-refractivity contribution is 8.00. The Morgan fingerprint density at radius 3 is 2.84 bits per heavy atom. The van der Waals surface area contributed by atoms with Gasteiger partial charge in [-0.15, -0.1) is 16.4 Å². The first-order valence-corrected chi connectivity index (χ1v) is 9.79. The van der Waals surface area contributed by atoms with Gasteiger partial charge in [-0.3, -0.25) is 9.89 Å². The first-order chi connectivity index (χ1) is 12.1. The maximum absolute atomic E-state index is 12.3. The average molecular weight is 373 g/mol. The SMILES string of the molecule is Cc1ccc(CNC(=O)C(C)Sc2n[nH]c(Cc3cccs3)n2)cc1. The van der Waals surface area contributed by atoms with Crippen LogP contribution in [0.5, 0.6) is 0 Å². The van der Waals surface area contributed by atoms with Crippen LogP contribution in [-0.4, -0.2) is 26.3 Å². The Hall–Kier alpha value is -2.12. The van der Waals surface area contributed by atoms with Gasteiger partial charge in [-0.05, 0) is 30.9 Å². The molecule has 2 heterocycles. The van der Waals surface area contributed by atoms with Crippen molar-refractivity contribution in [3.05, 3.63) is 63.6 Å². The maximum Gasteiger partial charge on any atom is 0.233 e. The van der Waals surface area contributed by atoms with E-state index in [1.165, 1.54) is 22.2 Å². The van der Waals surface area contributed by atoms with Gasteiger partial charge < -0.3 is 5.32 Å². The van der Waals surface area contributed by atoms with Gasteiger partial charge in [-0.1, -0.05) is 47.7 Å². The first-order valence-electron chi connectivity index (χ1n) is 8.04. The summed E-state index contributed by atoms with van der Waals surface area (Å²) in [5, 5.41) is 12.5. The standard InChI is InChI=1S/C18H20N4OS2/c1-12-5-7-14(8-6-12)11-19-17(23)13(2)25-18-20-16(21-22-18)10-15-4-3-9-24-15/h3-9,13H,10-11H2,1-2H3,(H,19,23)(H,20,21,22). The minimum atomic E-state index is -0.254. The number of rotatable bonds is 7. The zero-order valence-electron chi connectivity index (χ0n) is 14.2. The summed E-state index contributed by atoms with van der Waals surface area (Å²) in [6.45, 7) is 4.44. The van der Waals surface area contributed by atoms with Crippen LogP contribution in [0.25, 0.3) is 0 Å². The van der Waals surface area contributed by atoms with Crippen LogP contribution in [0.2, 0.25) is 0 Å². The molecule has 130 valence electrons. The van der Waals surface area contributed by atoms with Crippen molar-refractivity contribution in [3.63, 3.8) is 0 Å². The van der Waals surface area contributed by atoms with E-state index in [-0.39, 0.29) is 11.2 Å². The molecular weight excluding hydrogens is 352 g/mol. The predicted octanol–water partition coefficient (Wildman–Crippen LogP) is 3.56. The van der Waals surface area contributed by atoms with E-state index in [1.54, 1.807) is 11.3 Å². The number of thioether (sulfide) groups is 1. The summed E-state index contributed by atoms with van der Waals surface area (Å²) in [4.78, 5) is 17.9. The molecule has 25 heavy (non-hydrogen) atoms. The molecule has 0 spiro atoms. The number of hydrogen-bond donors (Lipinski definition) is 2. The summed E-state index contributed by atoms with van der Waals surface area (Å²) in [6.07, 6.45) is 0.735. The van der Waals surface area contributed by atoms with Gasteiger partial charge in [-0.2, -0.15) is 0 Å². The largest absolute Gasteiger partial charge is 0.351 e. The summed E-state index contributed by atoms with van der Waals surface area (Å²) < 4.78 is 0. The zero-order chi connectivity index (χ0) is 17.6. The molecule has 1 atom stereocenters. The van der Waals surface area contributed by atoms with Crippen LogP contribution in [-0.2, 0) is 17.8 Å². The van der Waals surface area contributed by atoms with Gasteiger partial charge in [-0.25, -0.2) is 4.98 Å². The fraction of sp³-hybridized carbons (Fsp3) is 0.278. The van der Waals surface area contributed by atoms with Crippen LogP contribution in [0, 0.1) is 6.92 Å². The topological polar surface area (TPSA) is 70.7 Å². The van der Waals surface area contributed by atoms with Crippen molar-refractivity contribution in [2.45, 2.75) is 37.2 Å². The van der Waals surface area contributed by atoms with E-state index in [0.717, 1.165) is 17.8 Å². The van der Waals surface area contributed by atoms with E-state index in [2.05, 4.69) is 26.6 Å². The molecule has 2 N–H and O–H groups in total. The fourth-order valence-electron chi connectivity index (χ4n) is 2.24. The van der Waals surface area contributed by atoms with E-state index in [4.69, 9.17) is 0 Å². The highest BCUT2D eigenvalue weighted by Gasteiger charge is 2.17. The molecule has 1 unspecified atom stereocenters. The molecule has 0 aliphatic carbocycles. The molecule has 1 aromatic carbocycles. The summed E-state index contributed by atoms with van der Waals surface area (Å²) in [5.74, 6) is 0.799. The van der Waals surface area contributed by atoms with Gasteiger partial charge in [0.2, 0.25) is 11.1 Å². The number of thiophene rings is 1. The Labute approximate surface area is 155 Å². The maximum atomic E-state index is 12.3. The monoisotopic (exact) mass is 372 g/mol. The number of carbonyl (C=O) groups excluding carboxylic acids is 1. The minimum Gasteiger partial charge on any atom is -0.351 e. The molecule has 0 fully saturated rings. The van der Waals surface area contributed by atoms with E-state index < -0.39 is 0 Å². The van der Waals surface area contributed by atoms with Crippen LogP contribution in [0.4, 0.5) is 0 Å². The lowest BCUT2D eigenvalue weighted by molar-refractivity contribution is -0.120. The highest BCUT2D eigenvalue weighted by Crippen LogP contribution is 2.20.